The van der Waals surface area contributed by atoms with Crippen molar-refractivity contribution in [2.75, 3.05) is 0 Å². The number of hydrazone groups is 1. The Kier molecular flexibility index (Phi) is 4.51. The number of halogens is 2. The molecule has 0 unspecified atom stereocenters. The van der Waals surface area contributed by atoms with Gasteiger partial charge in [0.15, 0.2) is 0 Å². The van der Waals surface area contributed by atoms with Gasteiger partial charge in [-0.3, -0.25) is 0 Å². The van der Waals surface area contributed by atoms with Crippen molar-refractivity contribution in [2.24, 2.45) is 5.10 Å². The summed E-state index contributed by atoms with van der Waals surface area (Å²) in [5.74, 6) is 0.879. The van der Waals surface area contributed by atoms with Gasteiger partial charge >= 0.3 is 0 Å². The second-order valence-corrected chi connectivity index (χ2v) is 9.21. The second kappa shape index (κ2) is 7.40. The van der Waals surface area contributed by atoms with Gasteiger partial charge in [-0.2, -0.15) is 5.10 Å². The molecule has 152 valence electrons. The van der Waals surface area contributed by atoms with Crippen LogP contribution in [0, 0.1) is 0 Å². The molecule has 0 aromatic heterocycles. The molecule has 0 saturated heterocycles. The minimum absolute atomic E-state index is 0.0870. The molecule has 2 aliphatic rings. The van der Waals surface area contributed by atoms with E-state index in [2.05, 4.69) is 69.5 Å². The number of ether oxygens (including phenoxy) is 1. The van der Waals surface area contributed by atoms with Crippen LogP contribution >= 0.6 is 27.5 Å². The molecule has 0 amide bonds. The van der Waals surface area contributed by atoms with Crippen LogP contribution in [0.25, 0.3) is 10.8 Å². The molecule has 6 rings (SSSR count). The summed E-state index contributed by atoms with van der Waals surface area (Å²) < 4.78 is 7.47. The molecule has 0 saturated carbocycles. The fraction of sp³-hybridized carbons (Fsp3) is 0.115. The molecule has 31 heavy (non-hydrogen) atoms. The Morgan fingerprint density at radius 3 is 2.55 bits per heavy atom. The summed E-state index contributed by atoms with van der Waals surface area (Å²) in [6.45, 7) is 0. The number of hydrogen-bond donors (Lipinski definition) is 0. The third-order valence-electron chi connectivity index (χ3n) is 6.01. The lowest BCUT2D eigenvalue weighted by Crippen LogP contribution is -2.33. The fourth-order valence-corrected chi connectivity index (χ4v) is 5.09. The molecule has 0 spiro atoms. The molecule has 0 N–H and O–H groups in total. The topological polar surface area (TPSA) is 24.8 Å². The van der Waals surface area contributed by atoms with Gasteiger partial charge in [0.1, 0.15) is 5.75 Å². The average molecular weight is 490 g/mol. The zero-order valence-electron chi connectivity index (χ0n) is 16.5. The summed E-state index contributed by atoms with van der Waals surface area (Å²) >= 11 is 10.2. The van der Waals surface area contributed by atoms with Crippen molar-refractivity contribution in [3.8, 4) is 5.75 Å². The van der Waals surface area contributed by atoms with Crippen LogP contribution in [-0.4, -0.2) is 10.7 Å². The van der Waals surface area contributed by atoms with E-state index < -0.39 is 0 Å². The highest BCUT2D eigenvalue weighted by molar-refractivity contribution is 9.10. The first-order chi connectivity index (χ1) is 15.2. The maximum Gasteiger partial charge on any atom is 0.215 e. The van der Waals surface area contributed by atoms with Crippen molar-refractivity contribution in [3.05, 3.63) is 111 Å². The minimum Gasteiger partial charge on any atom is -0.464 e. The molecule has 3 nitrogen and oxygen atoms in total. The first kappa shape index (κ1) is 18.9. The van der Waals surface area contributed by atoms with E-state index in [4.69, 9.17) is 21.4 Å². The minimum atomic E-state index is -0.370. The number of benzene rings is 4. The van der Waals surface area contributed by atoms with Gasteiger partial charge in [0.2, 0.25) is 6.23 Å². The standard InChI is InChI=1S/C26H18BrClN2O/c27-19-11-12-25-21(14-19)24-15-23(18-10-9-16-5-1-2-6-17(16)13-18)29-30(24)26(31-25)20-7-3-4-8-22(20)28/h1-14,24,26H,15H2/t24-,26-/m1/s1. The van der Waals surface area contributed by atoms with E-state index in [-0.39, 0.29) is 12.3 Å². The van der Waals surface area contributed by atoms with Gasteiger partial charge in [-0.15, -0.1) is 0 Å². The lowest BCUT2D eigenvalue weighted by atomic mass is 9.95. The monoisotopic (exact) mass is 488 g/mol. The first-order valence-corrected chi connectivity index (χ1v) is 11.4. The van der Waals surface area contributed by atoms with Crippen molar-refractivity contribution in [1.82, 2.24) is 5.01 Å². The molecular formula is C26H18BrClN2O. The first-order valence-electron chi connectivity index (χ1n) is 10.2. The van der Waals surface area contributed by atoms with E-state index in [1.54, 1.807) is 0 Å². The molecular weight excluding hydrogens is 472 g/mol. The summed E-state index contributed by atoms with van der Waals surface area (Å²) in [5, 5.41) is 10.3. The quantitative estimate of drug-likeness (QED) is 0.291. The molecule has 0 aliphatic carbocycles. The number of rotatable bonds is 2. The third kappa shape index (κ3) is 3.22. The van der Waals surface area contributed by atoms with Gasteiger partial charge in [-0.05, 0) is 46.7 Å². The van der Waals surface area contributed by atoms with E-state index in [0.717, 1.165) is 39.0 Å². The van der Waals surface area contributed by atoms with Crippen molar-refractivity contribution >= 4 is 44.0 Å². The van der Waals surface area contributed by atoms with Crippen LogP contribution in [0.15, 0.2) is 94.5 Å². The van der Waals surface area contributed by atoms with E-state index in [9.17, 15) is 0 Å². The molecule has 0 radical (unpaired) electrons. The van der Waals surface area contributed by atoms with Gasteiger partial charge in [0.05, 0.1) is 11.8 Å². The SMILES string of the molecule is Clc1ccccc1[C@H]1Oc2ccc(Br)cc2[C@H]2CC(c3ccc4ccccc4c3)=NN21. The zero-order chi connectivity index (χ0) is 20.9. The lowest BCUT2D eigenvalue weighted by Gasteiger charge is -2.38. The highest BCUT2D eigenvalue weighted by atomic mass is 79.9. The Balaban J connectivity index is 1.47. The van der Waals surface area contributed by atoms with Crippen LogP contribution in [0.4, 0.5) is 0 Å². The van der Waals surface area contributed by atoms with Crippen LogP contribution < -0.4 is 4.74 Å². The number of nitrogens with zero attached hydrogens (tertiary/aromatic N) is 2. The Morgan fingerprint density at radius 1 is 0.871 bits per heavy atom. The van der Waals surface area contributed by atoms with Crippen molar-refractivity contribution in [2.45, 2.75) is 18.7 Å². The predicted octanol–water partition coefficient (Wildman–Crippen LogP) is 7.50. The van der Waals surface area contributed by atoms with Gasteiger partial charge < -0.3 is 4.74 Å². The van der Waals surface area contributed by atoms with Gasteiger partial charge in [-0.25, -0.2) is 5.01 Å². The Morgan fingerprint density at radius 2 is 1.68 bits per heavy atom. The highest BCUT2D eigenvalue weighted by Crippen LogP contribution is 2.49. The smallest absolute Gasteiger partial charge is 0.215 e. The Bertz CT molecular complexity index is 1350. The lowest BCUT2D eigenvalue weighted by molar-refractivity contribution is -0.0190. The van der Waals surface area contributed by atoms with Crippen molar-refractivity contribution in [1.29, 1.82) is 0 Å². The summed E-state index contributed by atoms with van der Waals surface area (Å²) in [5.41, 5.74) is 4.26. The largest absolute Gasteiger partial charge is 0.464 e. The third-order valence-corrected chi connectivity index (χ3v) is 6.84. The van der Waals surface area contributed by atoms with Crippen LogP contribution in [0.5, 0.6) is 5.75 Å². The number of fused-ring (bicyclic) bond motifs is 4. The molecule has 4 aromatic carbocycles. The number of hydrogen-bond acceptors (Lipinski definition) is 3. The normalized spacial score (nSPS) is 19.5. The molecule has 2 heterocycles. The van der Waals surface area contributed by atoms with Gasteiger partial charge in [-0.1, -0.05) is 82.1 Å². The molecule has 5 heteroatoms. The molecule has 2 aliphatic heterocycles. The van der Waals surface area contributed by atoms with Crippen LogP contribution in [0.1, 0.15) is 35.4 Å². The summed E-state index contributed by atoms with van der Waals surface area (Å²) in [7, 11) is 0. The highest BCUT2D eigenvalue weighted by Gasteiger charge is 2.41. The zero-order valence-corrected chi connectivity index (χ0v) is 18.8. The Hall–Kier alpha value is -2.82. The molecule has 2 atom stereocenters. The van der Waals surface area contributed by atoms with E-state index in [0.29, 0.717) is 5.02 Å². The molecule has 0 fully saturated rings. The van der Waals surface area contributed by atoms with Gasteiger partial charge in [0, 0.05) is 27.0 Å². The summed E-state index contributed by atoms with van der Waals surface area (Å²) in [6.07, 6.45) is 0.442. The Labute approximate surface area is 194 Å². The van der Waals surface area contributed by atoms with Crippen molar-refractivity contribution < 1.29 is 4.74 Å². The fourth-order valence-electron chi connectivity index (χ4n) is 4.48. The van der Waals surface area contributed by atoms with Crippen molar-refractivity contribution in [3.63, 3.8) is 0 Å². The van der Waals surface area contributed by atoms with E-state index in [1.807, 2.05) is 36.4 Å². The van der Waals surface area contributed by atoms with E-state index >= 15 is 0 Å². The summed E-state index contributed by atoms with van der Waals surface area (Å²) in [4.78, 5) is 0. The maximum absolute atomic E-state index is 6.56. The van der Waals surface area contributed by atoms with E-state index in [1.165, 1.54) is 10.8 Å². The second-order valence-electron chi connectivity index (χ2n) is 7.88. The van der Waals surface area contributed by atoms with Crippen LogP contribution in [-0.2, 0) is 0 Å². The maximum atomic E-state index is 6.56. The average Bonchev–Trinajstić information content (AvgIpc) is 3.25. The molecule has 0 bridgehead atoms. The van der Waals surface area contributed by atoms with Gasteiger partial charge in [0.25, 0.3) is 0 Å². The van der Waals surface area contributed by atoms with Crippen LogP contribution in [0.3, 0.4) is 0 Å². The predicted molar refractivity (Wildman–Crippen MR) is 129 cm³/mol. The molecule has 4 aromatic rings. The van der Waals surface area contributed by atoms with Crippen LogP contribution in [0.2, 0.25) is 5.02 Å². The summed E-state index contributed by atoms with van der Waals surface area (Å²) in [6, 6.07) is 29.0.